The topological polar surface area (TPSA) is 24.5 Å². The Kier molecular flexibility index (Phi) is 6.94. The van der Waals surface area contributed by atoms with Gasteiger partial charge in [0, 0.05) is 19.7 Å². The Hall–Kier alpha value is -0.900. The van der Waals surface area contributed by atoms with Gasteiger partial charge in [-0.1, -0.05) is 24.3 Å². The molecule has 3 heteroatoms. The molecule has 0 fully saturated rings. The molecule has 0 aliphatic rings. The summed E-state index contributed by atoms with van der Waals surface area (Å²) in [6.45, 7) is 4.97. The first-order valence-corrected chi connectivity index (χ1v) is 6.59. The van der Waals surface area contributed by atoms with Gasteiger partial charge < -0.3 is 10.1 Å². The highest BCUT2D eigenvalue weighted by Crippen LogP contribution is 2.13. The van der Waals surface area contributed by atoms with Gasteiger partial charge in [-0.25, -0.2) is 0 Å². The van der Waals surface area contributed by atoms with E-state index >= 15 is 0 Å². The van der Waals surface area contributed by atoms with Crippen LogP contribution in [0.25, 0.3) is 0 Å². The van der Waals surface area contributed by atoms with Crippen LogP contribution < -0.4 is 5.32 Å². The number of nitrogens with zero attached hydrogens (tertiary/aromatic N) is 1. The van der Waals surface area contributed by atoms with Gasteiger partial charge in [-0.15, -0.1) is 0 Å². The predicted molar refractivity (Wildman–Crippen MR) is 76.9 cm³/mol. The molecule has 0 spiro atoms. The predicted octanol–water partition coefficient (Wildman–Crippen LogP) is 1.92. The van der Waals surface area contributed by atoms with Crippen LogP contribution in [0, 0.1) is 0 Å². The van der Waals surface area contributed by atoms with Crippen molar-refractivity contribution in [2.24, 2.45) is 0 Å². The number of hydrogen-bond donors (Lipinski definition) is 1. The lowest BCUT2D eigenvalue weighted by Gasteiger charge is -2.25. The fourth-order valence-corrected chi connectivity index (χ4v) is 2.01. The summed E-state index contributed by atoms with van der Waals surface area (Å²) >= 11 is 0. The third-order valence-corrected chi connectivity index (χ3v) is 3.34. The number of likely N-dealkylation sites (N-methyl/N-ethyl adjacent to an activating group) is 2. The van der Waals surface area contributed by atoms with Crippen molar-refractivity contribution >= 4 is 0 Å². The van der Waals surface area contributed by atoms with E-state index in [1.807, 2.05) is 7.05 Å². The van der Waals surface area contributed by atoms with E-state index in [-0.39, 0.29) is 0 Å². The molecule has 0 saturated carbocycles. The van der Waals surface area contributed by atoms with Crippen molar-refractivity contribution in [1.82, 2.24) is 10.2 Å². The van der Waals surface area contributed by atoms with E-state index in [9.17, 15) is 0 Å². The molecule has 1 aromatic rings. The number of nitrogens with one attached hydrogen (secondary N) is 1. The van der Waals surface area contributed by atoms with Crippen molar-refractivity contribution in [3.05, 3.63) is 35.4 Å². The number of rotatable bonds is 8. The smallest absolute Gasteiger partial charge is 0.0615 e. The van der Waals surface area contributed by atoms with Crippen LogP contribution in [-0.2, 0) is 17.7 Å². The first kappa shape index (κ1) is 15.2. The molecule has 0 saturated heterocycles. The summed E-state index contributed by atoms with van der Waals surface area (Å²) < 4.78 is 5.21. The van der Waals surface area contributed by atoms with Crippen LogP contribution in [0.5, 0.6) is 0 Å². The zero-order valence-electron chi connectivity index (χ0n) is 12.1. The summed E-state index contributed by atoms with van der Waals surface area (Å²) in [6, 6.07) is 9.12. The molecule has 1 N–H and O–H groups in total. The molecule has 0 aliphatic heterocycles. The van der Waals surface area contributed by atoms with E-state index in [0.29, 0.717) is 6.04 Å². The average Bonchev–Trinajstić information content (AvgIpc) is 2.38. The van der Waals surface area contributed by atoms with E-state index in [0.717, 1.165) is 26.1 Å². The molecule has 3 nitrogen and oxygen atoms in total. The average molecular weight is 250 g/mol. The molecule has 0 amide bonds. The largest absolute Gasteiger partial charge is 0.383 e. The summed E-state index contributed by atoms with van der Waals surface area (Å²) in [5.74, 6) is 0. The van der Waals surface area contributed by atoms with E-state index in [1.54, 1.807) is 7.11 Å². The van der Waals surface area contributed by atoms with Crippen molar-refractivity contribution in [2.75, 3.05) is 34.4 Å². The lowest BCUT2D eigenvalue weighted by molar-refractivity contribution is 0.112. The first-order chi connectivity index (χ1) is 8.69. The minimum absolute atomic E-state index is 0.437. The molecule has 1 atom stereocenters. The second-order valence-corrected chi connectivity index (χ2v) is 4.84. The van der Waals surface area contributed by atoms with Crippen molar-refractivity contribution < 1.29 is 4.74 Å². The number of benzene rings is 1. The third kappa shape index (κ3) is 4.77. The van der Waals surface area contributed by atoms with Crippen LogP contribution in [0.1, 0.15) is 18.1 Å². The van der Waals surface area contributed by atoms with Crippen LogP contribution in [0.4, 0.5) is 0 Å². The van der Waals surface area contributed by atoms with Crippen LogP contribution >= 0.6 is 0 Å². The number of hydrogen-bond acceptors (Lipinski definition) is 3. The highest BCUT2D eigenvalue weighted by molar-refractivity contribution is 5.27. The molecule has 18 heavy (non-hydrogen) atoms. The Morgan fingerprint density at radius 2 is 1.94 bits per heavy atom. The Labute approximate surface area is 111 Å². The van der Waals surface area contributed by atoms with E-state index < -0.39 is 0 Å². The SMILES string of the molecule is CNCCc1ccccc1CN(C)C(C)COC. The Morgan fingerprint density at radius 1 is 1.28 bits per heavy atom. The maximum atomic E-state index is 5.21. The van der Waals surface area contributed by atoms with E-state index in [2.05, 4.69) is 48.5 Å². The third-order valence-electron chi connectivity index (χ3n) is 3.34. The molecule has 1 unspecified atom stereocenters. The summed E-state index contributed by atoms with van der Waals surface area (Å²) in [6.07, 6.45) is 1.08. The maximum absolute atomic E-state index is 5.21. The molecule has 1 rings (SSSR count). The standard InChI is InChI=1S/C15H26N2O/c1-13(12-18-4)17(3)11-15-8-6-5-7-14(15)9-10-16-2/h5-8,13,16H,9-12H2,1-4H3. The van der Waals surface area contributed by atoms with Crippen molar-refractivity contribution in [1.29, 1.82) is 0 Å². The van der Waals surface area contributed by atoms with Gasteiger partial charge in [-0.05, 0) is 45.1 Å². The van der Waals surface area contributed by atoms with Crippen LogP contribution in [0.15, 0.2) is 24.3 Å². The van der Waals surface area contributed by atoms with Crippen LogP contribution in [0.3, 0.4) is 0 Å². The molecule has 102 valence electrons. The Morgan fingerprint density at radius 3 is 2.56 bits per heavy atom. The number of ether oxygens (including phenoxy) is 1. The highest BCUT2D eigenvalue weighted by Gasteiger charge is 2.11. The monoisotopic (exact) mass is 250 g/mol. The number of methoxy groups -OCH3 is 1. The highest BCUT2D eigenvalue weighted by atomic mass is 16.5. The van der Waals surface area contributed by atoms with Gasteiger partial charge in [0.2, 0.25) is 0 Å². The molecule has 0 heterocycles. The van der Waals surface area contributed by atoms with Gasteiger partial charge in [0.15, 0.2) is 0 Å². The summed E-state index contributed by atoms with van der Waals surface area (Å²) in [5, 5.41) is 3.21. The summed E-state index contributed by atoms with van der Waals surface area (Å²) in [7, 11) is 5.90. The van der Waals surface area contributed by atoms with Gasteiger partial charge in [0.1, 0.15) is 0 Å². The van der Waals surface area contributed by atoms with Crippen LogP contribution in [0.2, 0.25) is 0 Å². The molecular formula is C15H26N2O. The fraction of sp³-hybridized carbons (Fsp3) is 0.600. The van der Waals surface area contributed by atoms with Gasteiger partial charge in [-0.2, -0.15) is 0 Å². The zero-order valence-corrected chi connectivity index (χ0v) is 12.1. The van der Waals surface area contributed by atoms with E-state index in [4.69, 9.17) is 4.74 Å². The normalized spacial score (nSPS) is 12.9. The minimum atomic E-state index is 0.437. The molecule has 0 radical (unpaired) electrons. The van der Waals surface area contributed by atoms with Gasteiger partial charge in [-0.3, -0.25) is 4.90 Å². The van der Waals surface area contributed by atoms with Gasteiger partial charge in [0.25, 0.3) is 0 Å². The zero-order chi connectivity index (χ0) is 13.4. The van der Waals surface area contributed by atoms with Crippen molar-refractivity contribution in [3.63, 3.8) is 0 Å². The molecular weight excluding hydrogens is 224 g/mol. The van der Waals surface area contributed by atoms with Crippen LogP contribution in [-0.4, -0.2) is 45.3 Å². The van der Waals surface area contributed by atoms with Crippen molar-refractivity contribution in [2.45, 2.75) is 25.9 Å². The lowest BCUT2D eigenvalue weighted by atomic mass is 10.0. The Bertz CT molecular complexity index is 341. The molecule has 1 aromatic carbocycles. The maximum Gasteiger partial charge on any atom is 0.0615 e. The summed E-state index contributed by atoms with van der Waals surface area (Å²) in [5.41, 5.74) is 2.85. The lowest BCUT2D eigenvalue weighted by Crippen LogP contribution is -2.32. The fourth-order valence-electron chi connectivity index (χ4n) is 2.01. The molecule has 0 aromatic heterocycles. The van der Waals surface area contributed by atoms with E-state index in [1.165, 1.54) is 11.1 Å². The quantitative estimate of drug-likeness (QED) is 0.763. The van der Waals surface area contributed by atoms with Gasteiger partial charge in [0.05, 0.1) is 6.61 Å². The summed E-state index contributed by atoms with van der Waals surface area (Å²) in [4.78, 5) is 2.34. The second kappa shape index (κ2) is 8.25. The first-order valence-electron chi connectivity index (χ1n) is 6.59. The second-order valence-electron chi connectivity index (χ2n) is 4.84. The molecule has 0 bridgehead atoms. The molecule has 0 aliphatic carbocycles. The van der Waals surface area contributed by atoms with Crippen molar-refractivity contribution in [3.8, 4) is 0 Å². The minimum Gasteiger partial charge on any atom is -0.383 e. The van der Waals surface area contributed by atoms with Gasteiger partial charge >= 0.3 is 0 Å². The Balaban J connectivity index is 2.65.